The van der Waals surface area contributed by atoms with Gasteiger partial charge in [-0.3, -0.25) is 13.8 Å². The lowest BCUT2D eigenvalue weighted by atomic mass is 10.1. The van der Waals surface area contributed by atoms with Crippen LogP contribution in [0.5, 0.6) is 0 Å². The van der Waals surface area contributed by atoms with Crippen molar-refractivity contribution in [3.63, 3.8) is 0 Å². The maximum absolute atomic E-state index is 12.2. The lowest BCUT2D eigenvalue weighted by molar-refractivity contribution is -0.141. The average Bonchev–Trinajstić information content (AvgIpc) is 2.50. The van der Waals surface area contributed by atoms with E-state index in [-0.39, 0.29) is 23.3 Å². The van der Waals surface area contributed by atoms with Crippen molar-refractivity contribution >= 4 is 42.7 Å². The summed E-state index contributed by atoms with van der Waals surface area (Å²) >= 11 is -2.48. The number of carbonyl (C=O) groups is 2. The quantitative estimate of drug-likeness (QED) is 0.392. The number of benzene rings is 1. The van der Waals surface area contributed by atoms with Gasteiger partial charge in [-0.2, -0.15) is 0 Å². The van der Waals surface area contributed by atoms with Gasteiger partial charge in [0, 0.05) is 23.1 Å². The summed E-state index contributed by atoms with van der Waals surface area (Å²) < 4.78 is 47.9. The first-order valence-electron chi connectivity index (χ1n) is 6.67. The number of carbonyl (C=O) groups excluding carboxylic acids is 2. The highest BCUT2D eigenvalue weighted by Crippen LogP contribution is 2.19. The van der Waals surface area contributed by atoms with E-state index < -0.39 is 44.0 Å². The molecule has 0 spiro atoms. The normalized spacial score (nSPS) is 13.8. The van der Waals surface area contributed by atoms with Crippen LogP contribution in [0, 0.1) is 0 Å². The topological polar surface area (TPSA) is 130 Å². The number of esters is 1. The Balaban J connectivity index is 2.63. The van der Waals surface area contributed by atoms with Gasteiger partial charge in [-0.1, -0.05) is 12.1 Å². The lowest BCUT2D eigenvalue weighted by Crippen LogP contribution is -2.33. The Kier molecular flexibility index (Phi) is 7.80. The third-order valence-corrected chi connectivity index (χ3v) is 4.56. The second-order valence-corrected chi connectivity index (χ2v) is 8.16. The van der Waals surface area contributed by atoms with Crippen molar-refractivity contribution in [2.45, 2.75) is 30.7 Å². The highest BCUT2D eigenvalue weighted by molar-refractivity contribution is 8.13. The van der Waals surface area contributed by atoms with Gasteiger partial charge in [0.25, 0.3) is 15.0 Å². The van der Waals surface area contributed by atoms with Gasteiger partial charge < -0.3 is 14.6 Å². The molecule has 24 heavy (non-hydrogen) atoms. The van der Waals surface area contributed by atoms with Crippen LogP contribution in [0.25, 0.3) is 0 Å². The fourth-order valence-corrected chi connectivity index (χ4v) is 3.06. The number of amides is 1. The summed E-state index contributed by atoms with van der Waals surface area (Å²) in [5, 5.41) is 2.54. The highest BCUT2D eigenvalue weighted by Gasteiger charge is 2.21. The lowest BCUT2D eigenvalue weighted by Gasteiger charge is -2.15. The van der Waals surface area contributed by atoms with E-state index in [1.807, 2.05) is 0 Å². The minimum absolute atomic E-state index is 0.103. The molecule has 0 bridgehead atoms. The predicted molar refractivity (Wildman–Crippen MR) is 85.5 cm³/mol. The molecule has 0 aliphatic heterocycles. The van der Waals surface area contributed by atoms with E-state index in [2.05, 4.69) is 10.1 Å². The molecule has 0 radical (unpaired) electrons. The summed E-state index contributed by atoms with van der Waals surface area (Å²) in [6.07, 6.45) is 0.0833. The van der Waals surface area contributed by atoms with Gasteiger partial charge in [-0.15, -0.1) is 0 Å². The van der Waals surface area contributed by atoms with Crippen LogP contribution in [-0.2, 0) is 29.7 Å². The van der Waals surface area contributed by atoms with Crippen LogP contribution in [0.15, 0.2) is 29.2 Å². The van der Waals surface area contributed by atoms with Gasteiger partial charge in [-0.05, 0) is 36.6 Å². The summed E-state index contributed by atoms with van der Waals surface area (Å²) in [7, 11) is 1.21. The molecule has 0 fully saturated rings. The van der Waals surface area contributed by atoms with Crippen molar-refractivity contribution in [2.24, 2.45) is 0 Å². The molecule has 2 atom stereocenters. The molecule has 1 N–H and O–H groups in total. The van der Waals surface area contributed by atoms with Crippen molar-refractivity contribution < 1.29 is 31.5 Å². The van der Waals surface area contributed by atoms with Crippen LogP contribution in [-0.4, -0.2) is 41.0 Å². The van der Waals surface area contributed by atoms with E-state index in [0.717, 1.165) is 0 Å². The number of hydrogen-bond donors (Lipinski definition) is 1. The molecule has 1 aromatic rings. The van der Waals surface area contributed by atoms with E-state index >= 15 is 0 Å². The van der Waals surface area contributed by atoms with Crippen LogP contribution in [0.1, 0.15) is 30.1 Å². The third kappa shape index (κ3) is 6.95. The zero-order chi connectivity index (χ0) is 18.3. The molecule has 0 saturated carbocycles. The number of halogens is 1. The zero-order valence-electron chi connectivity index (χ0n) is 12.6. The Bertz CT molecular complexity index is 736. The maximum Gasteiger partial charge on any atom is 0.306 e. The predicted octanol–water partition coefficient (Wildman–Crippen LogP) is 0.892. The third-order valence-electron chi connectivity index (χ3n) is 2.87. The number of rotatable bonds is 8. The van der Waals surface area contributed by atoms with Crippen molar-refractivity contribution in [3.8, 4) is 0 Å². The monoisotopic (exact) mass is 396 g/mol. The molecule has 1 aromatic carbocycles. The minimum atomic E-state index is -4.08. The molecular weight excluding hydrogens is 382 g/mol. The van der Waals surface area contributed by atoms with Crippen molar-refractivity contribution in [1.82, 2.24) is 5.32 Å². The average molecular weight is 397 g/mol. The Labute approximate surface area is 146 Å². The maximum atomic E-state index is 12.2. The summed E-state index contributed by atoms with van der Waals surface area (Å²) in [4.78, 5) is 23.1. The van der Waals surface area contributed by atoms with Gasteiger partial charge in [0.2, 0.25) is 0 Å². The fourth-order valence-electron chi connectivity index (χ4n) is 1.76. The van der Waals surface area contributed by atoms with Gasteiger partial charge >= 0.3 is 5.97 Å². The largest absolute Gasteiger partial charge is 0.770 e. The molecular formula is C13H15ClNO7S2-. The molecule has 1 rings (SSSR count). The van der Waals surface area contributed by atoms with Gasteiger partial charge in [-0.25, -0.2) is 8.42 Å². The Morgan fingerprint density at radius 1 is 1.38 bits per heavy atom. The van der Waals surface area contributed by atoms with Crippen LogP contribution < -0.4 is 5.32 Å². The SMILES string of the molecule is CC(CCC(=O)OCS(=O)[O-])NC(=O)c1ccccc1S(=O)(=O)Cl. The van der Waals surface area contributed by atoms with Crippen LogP contribution in [0.4, 0.5) is 0 Å². The van der Waals surface area contributed by atoms with E-state index in [1.165, 1.54) is 24.3 Å². The van der Waals surface area contributed by atoms with Gasteiger partial charge in [0.1, 0.15) is 0 Å². The number of ether oxygens (including phenoxy) is 1. The summed E-state index contributed by atoms with van der Waals surface area (Å²) in [6.45, 7) is 1.61. The van der Waals surface area contributed by atoms with Gasteiger partial charge in [0.15, 0.2) is 5.94 Å². The van der Waals surface area contributed by atoms with E-state index in [4.69, 9.17) is 10.7 Å². The van der Waals surface area contributed by atoms with Crippen molar-refractivity contribution in [1.29, 1.82) is 0 Å². The molecule has 8 nitrogen and oxygen atoms in total. The molecule has 11 heteroatoms. The zero-order valence-corrected chi connectivity index (χ0v) is 14.9. The van der Waals surface area contributed by atoms with Crippen molar-refractivity contribution in [2.75, 3.05) is 5.94 Å². The molecule has 1 amide bonds. The first-order chi connectivity index (χ1) is 11.1. The summed E-state index contributed by atoms with van der Waals surface area (Å²) in [6, 6.07) is 4.97. The molecule has 0 aromatic heterocycles. The Morgan fingerprint density at radius 2 is 2.00 bits per heavy atom. The Hall–Kier alpha value is -1.49. The van der Waals surface area contributed by atoms with Crippen LogP contribution >= 0.6 is 10.7 Å². The fraction of sp³-hybridized carbons (Fsp3) is 0.385. The first kappa shape index (κ1) is 20.6. The highest BCUT2D eigenvalue weighted by atomic mass is 35.7. The molecule has 0 aliphatic rings. The Morgan fingerprint density at radius 3 is 2.58 bits per heavy atom. The molecule has 0 saturated heterocycles. The molecule has 2 unspecified atom stereocenters. The van der Waals surface area contributed by atoms with E-state index in [1.54, 1.807) is 6.92 Å². The smallest absolute Gasteiger partial charge is 0.306 e. The van der Waals surface area contributed by atoms with Crippen LogP contribution in [0.2, 0.25) is 0 Å². The van der Waals surface area contributed by atoms with Crippen molar-refractivity contribution in [3.05, 3.63) is 29.8 Å². The molecule has 0 aliphatic carbocycles. The minimum Gasteiger partial charge on any atom is -0.770 e. The molecule has 134 valence electrons. The first-order valence-corrected chi connectivity index (χ1v) is 10.2. The second kappa shape index (κ2) is 9.11. The second-order valence-electron chi connectivity index (χ2n) is 4.79. The van der Waals surface area contributed by atoms with Crippen LogP contribution in [0.3, 0.4) is 0 Å². The summed E-state index contributed by atoms with van der Waals surface area (Å²) in [5.74, 6) is -2.10. The van der Waals surface area contributed by atoms with Gasteiger partial charge in [0.05, 0.1) is 10.5 Å². The number of hydrogen-bond acceptors (Lipinski definition) is 7. The van der Waals surface area contributed by atoms with E-state index in [9.17, 15) is 26.8 Å². The number of nitrogens with one attached hydrogen (secondary N) is 1. The van der Waals surface area contributed by atoms with E-state index in [0.29, 0.717) is 0 Å². The summed E-state index contributed by atoms with van der Waals surface area (Å²) in [5.41, 5.74) is -0.108. The standard InChI is InChI=1S/C13H16ClNO7S2/c1-9(6-7-12(16)22-8-23(18)19)15-13(17)10-4-2-3-5-11(10)24(14,20)21/h2-5,9H,6-8H2,1H3,(H,15,17)(H,18,19)/p-1. The molecule has 0 heterocycles.